The van der Waals surface area contributed by atoms with Gasteiger partial charge in [0, 0.05) is 18.3 Å². The molecule has 17 heavy (non-hydrogen) atoms. The maximum atomic E-state index is 12.1. The Morgan fingerprint density at radius 3 is 3.12 bits per heavy atom. The summed E-state index contributed by atoms with van der Waals surface area (Å²) in [7, 11) is 0. The van der Waals surface area contributed by atoms with Crippen molar-refractivity contribution in [2.75, 3.05) is 5.88 Å². The van der Waals surface area contributed by atoms with Crippen LogP contribution in [-0.2, 0) is 6.42 Å². The summed E-state index contributed by atoms with van der Waals surface area (Å²) in [5.74, 6) is 1.76. The van der Waals surface area contributed by atoms with Crippen LogP contribution in [0, 0.1) is 5.92 Å². The Bertz CT molecular complexity index is 389. The largest absolute Gasteiger partial charge is 0.469 e. The van der Waals surface area contributed by atoms with Gasteiger partial charge >= 0.3 is 0 Å². The molecule has 94 valence electrons. The topological polar surface area (TPSA) is 42.2 Å². The van der Waals surface area contributed by atoms with E-state index in [1.165, 1.54) is 0 Å². The molecule has 0 bridgehead atoms. The third-order valence-corrected chi connectivity index (χ3v) is 3.88. The number of amides is 1. The lowest BCUT2D eigenvalue weighted by Gasteiger charge is -2.18. The van der Waals surface area contributed by atoms with E-state index in [4.69, 9.17) is 16.0 Å². The summed E-state index contributed by atoms with van der Waals surface area (Å²) >= 11 is 5.90. The number of alkyl halides is 1. The molecule has 0 saturated heterocycles. The van der Waals surface area contributed by atoms with Gasteiger partial charge in [0.05, 0.1) is 11.8 Å². The van der Waals surface area contributed by atoms with Gasteiger partial charge in [-0.3, -0.25) is 4.79 Å². The van der Waals surface area contributed by atoms with E-state index in [0.29, 0.717) is 17.4 Å². The van der Waals surface area contributed by atoms with Gasteiger partial charge in [-0.05, 0) is 24.8 Å². The predicted molar refractivity (Wildman–Crippen MR) is 67.4 cm³/mol. The van der Waals surface area contributed by atoms with Gasteiger partial charge in [-0.25, -0.2) is 0 Å². The fraction of sp³-hybridized carbons (Fsp3) is 0.615. The molecule has 3 nitrogen and oxygen atoms in total. The number of rotatable bonds is 4. The van der Waals surface area contributed by atoms with Gasteiger partial charge < -0.3 is 9.73 Å². The van der Waals surface area contributed by atoms with Crippen molar-refractivity contribution in [2.45, 2.75) is 38.6 Å². The van der Waals surface area contributed by atoms with Crippen LogP contribution in [0.15, 0.2) is 16.7 Å². The minimum Gasteiger partial charge on any atom is -0.469 e. The molecule has 0 radical (unpaired) electrons. The predicted octanol–water partition coefficient (Wildman–Crippen LogP) is 2.98. The highest BCUT2D eigenvalue weighted by molar-refractivity contribution is 6.18. The first-order valence-electron chi connectivity index (χ1n) is 6.19. The smallest absolute Gasteiger partial charge is 0.255 e. The van der Waals surface area contributed by atoms with Crippen LogP contribution in [0.4, 0.5) is 0 Å². The maximum absolute atomic E-state index is 12.1. The van der Waals surface area contributed by atoms with Crippen LogP contribution >= 0.6 is 11.6 Å². The summed E-state index contributed by atoms with van der Waals surface area (Å²) in [4.78, 5) is 12.1. The number of halogens is 1. The Labute approximate surface area is 107 Å². The number of nitrogens with one attached hydrogen (secondary N) is 1. The monoisotopic (exact) mass is 255 g/mol. The van der Waals surface area contributed by atoms with Crippen LogP contribution in [-0.4, -0.2) is 17.8 Å². The number of aryl methyl sites for hydroxylation is 1. The van der Waals surface area contributed by atoms with Gasteiger partial charge in [0.1, 0.15) is 5.76 Å². The van der Waals surface area contributed by atoms with Gasteiger partial charge in [0.15, 0.2) is 0 Å². The molecule has 2 atom stereocenters. The van der Waals surface area contributed by atoms with Crippen LogP contribution in [0.25, 0.3) is 0 Å². The van der Waals surface area contributed by atoms with Crippen LogP contribution in [0.5, 0.6) is 0 Å². The van der Waals surface area contributed by atoms with E-state index in [1.807, 2.05) is 6.92 Å². The van der Waals surface area contributed by atoms with Crippen molar-refractivity contribution < 1.29 is 9.21 Å². The Kier molecular flexibility index (Phi) is 4.11. The molecule has 2 unspecified atom stereocenters. The summed E-state index contributed by atoms with van der Waals surface area (Å²) in [6.07, 6.45) is 5.60. The van der Waals surface area contributed by atoms with E-state index < -0.39 is 0 Å². The van der Waals surface area contributed by atoms with E-state index in [0.717, 1.165) is 31.4 Å². The standard InChI is InChI=1S/C13H18ClNO2/c1-2-12-10(6-7-17-12)13(16)15-11-5-3-4-9(11)8-14/h6-7,9,11H,2-5,8H2,1H3,(H,15,16). The van der Waals surface area contributed by atoms with E-state index in [2.05, 4.69) is 5.32 Å². The van der Waals surface area contributed by atoms with Gasteiger partial charge in [0.25, 0.3) is 5.91 Å². The van der Waals surface area contributed by atoms with Crippen LogP contribution in [0.3, 0.4) is 0 Å². The first kappa shape index (κ1) is 12.5. The zero-order valence-corrected chi connectivity index (χ0v) is 10.8. The molecule has 1 saturated carbocycles. The van der Waals surface area contributed by atoms with Crippen LogP contribution in [0.1, 0.15) is 42.3 Å². The summed E-state index contributed by atoms with van der Waals surface area (Å²) in [5.41, 5.74) is 0.660. The molecule has 1 aliphatic carbocycles. The Balaban J connectivity index is 2.01. The highest BCUT2D eigenvalue weighted by Crippen LogP contribution is 2.27. The molecule has 2 rings (SSSR count). The molecule has 1 fully saturated rings. The average molecular weight is 256 g/mol. The zero-order valence-electron chi connectivity index (χ0n) is 10.0. The Morgan fingerprint density at radius 2 is 2.41 bits per heavy atom. The summed E-state index contributed by atoms with van der Waals surface area (Å²) in [6.45, 7) is 1.98. The molecule has 0 aromatic carbocycles. The number of carbonyl (C=O) groups is 1. The fourth-order valence-electron chi connectivity index (χ4n) is 2.47. The number of furan rings is 1. The minimum absolute atomic E-state index is 0.0300. The Morgan fingerprint density at radius 1 is 1.59 bits per heavy atom. The lowest BCUT2D eigenvalue weighted by molar-refractivity contribution is 0.0928. The van der Waals surface area contributed by atoms with Crippen LogP contribution < -0.4 is 5.32 Å². The van der Waals surface area contributed by atoms with Crippen molar-refractivity contribution in [1.82, 2.24) is 5.32 Å². The normalized spacial score (nSPS) is 23.9. The van der Waals surface area contributed by atoms with Gasteiger partial charge in [-0.2, -0.15) is 0 Å². The first-order chi connectivity index (χ1) is 8.26. The molecule has 0 spiro atoms. The van der Waals surface area contributed by atoms with Crippen molar-refractivity contribution in [3.8, 4) is 0 Å². The summed E-state index contributed by atoms with van der Waals surface area (Å²) < 4.78 is 5.27. The van der Waals surface area contributed by atoms with Gasteiger partial charge in [-0.1, -0.05) is 13.3 Å². The molecular weight excluding hydrogens is 238 g/mol. The minimum atomic E-state index is -0.0300. The highest BCUT2D eigenvalue weighted by Gasteiger charge is 2.28. The second-order valence-electron chi connectivity index (χ2n) is 4.54. The molecule has 1 heterocycles. The lowest BCUT2D eigenvalue weighted by atomic mass is 10.1. The van der Waals surface area contributed by atoms with Crippen LogP contribution in [0.2, 0.25) is 0 Å². The van der Waals surface area contributed by atoms with E-state index in [1.54, 1.807) is 12.3 Å². The molecule has 1 amide bonds. The third-order valence-electron chi connectivity index (χ3n) is 3.48. The molecule has 4 heteroatoms. The zero-order chi connectivity index (χ0) is 12.3. The van der Waals surface area contributed by atoms with Gasteiger partial charge in [0.2, 0.25) is 0 Å². The van der Waals surface area contributed by atoms with E-state index in [9.17, 15) is 4.79 Å². The molecule has 1 N–H and O–H groups in total. The second kappa shape index (κ2) is 5.58. The van der Waals surface area contributed by atoms with Crippen molar-refractivity contribution in [3.63, 3.8) is 0 Å². The SMILES string of the molecule is CCc1occc1C(=O)NC1CCCC1CCl. The maximum Gasteiger partial charge on any atom is 0.255 e. The number of hydrogen-bond acceptors (Lipinski definition) is 2. The molecule has 1 aromatic rings. The Hall–Kier alpha value is -0.960. The first-order valence-corrected chi connectivity index (χ1v) is 6.73. The number of hydrogen-bond donors (Lipinski definition) is 1. The fourth-order valence-corrected chi connectivity index (χ4v) is 2.84. The van der Waals surface area contributed by atoms with E-state index >= 15 is 0 Å². The average Bonchev–Trinajstić information content (AvgIpc) is 2.96. The van der Waals surface area contributed by atoms with Crippen molar-refractivity contribution in [1.29, 1.82) is 0 Å². The quantitative estimate of drug-likeness (QED) is 0.841. The third kappa shape index (κ3) is 2.65. The highest BCUT2D eigenvalue weighted by atomic mass is 35.5. The van der Waals surface area contributed by atoms with Gasteiger partial charge in [-0.15, -0.1) is 11.6 Å². The summed E-state index contributed by atoms with van der Waals surface area (Å²) in [5, 5.41) is 3.07. The second-order valence-corrected chi connectivity index (χ2v) is 4.84. The van der Waals surface area contributed by atoms with E-state index in [-0.39, 0.29) is 11.9 Å². The molecule has 1 aromatic heterocycles. The molecule has 1 aliphatic rings. The molecular formula is C13H18ClNO2. The number of carbonyl (C=O) groups excluding carboxylic acids is 1. The molecule has 0 aliphatic heterocycles. The summed E-state index contributed by atoms with van der Waals surface area (Å²) in [6, 6.07) is 1.96. The lowest BCUT2D eigenvalue weighted by Crippen LogP contribution is -2.38. The van der Waals surface area contributed by atoms with Crippen molar-refractivity contribution >= 4 is 17.5 Å². The van der Waals surface area contributed by atoms with Crippen molar-refractivity contribution in [3.05, 3.63) is 23.7 Å². The van der Waals surface area contributed by atoms with Crippen molar-refractivity contribution in [2.24, 2.45) is 5.92 Å².